The Balaban J connectivity index is 1.71. The number of fused-ring (bicyclic) bond motifs is 1. The van der Waals surface area contributed by atoms with Crippen LogP contribution in [0.15, 0.2) is 29.3 Å². The van der Waals surface area contributed by atoms with Crippen LogP contribution in [0.1, 0.15) is 36.9 Å². The van der Waals surface area contributed by atoms with Crippen molar-refractivity contribution < 1.29 is 4.79 Å². The standard InChI is InChI=1S/C22H28N8O2/c1-13-10-17(24)15(4-7-23)11-18(13)26-21-25-12-19-20(27-21)30(22(32)28(19)3)16-5-8-29(9-6-16)14(2)31/h4,7,10-12,16H,5-6,8-9,23-24H2,1-3H3,(H,25,26,27)/b7-4-. The maximum atomic E-state index is 13.0. The van der Waals surface area contributed by atoms with Gasteiger partial charge in [-0.1, -0.05) is 0 Å². The van der Waals surface area contributed by atoms with Gasteiger partial charge in [0, 0.05) is 50.0 Å². The molecule has 32 heavy (non-hydrogen) atoms. The van der Waals surface area contributed by atoms with Gasteiger partial charge in [0.15, 0.2) is 5.65 Å². The molecule has 3 heterocycles. The lowest BCUT2D eigenvalue weighted by Gasteiger charge is -2.31. The van der Waals surface area contributed by atoms with E-state index in [1.165, 1.54) is 6.20 Å². The summed E-state index contributed by atoms with van der Waals surface area (Å²) in [7, 11) is 1.72. The summed E-state index contributed by atoms with van der Waals surface area (Å²) in [5.41, 5.74) is 15.8. The molecule has 1 aromatic carbocycles. The Kier molecular flexibility index (Phi) is 5.60. The number of nitrogens with two attached hydrogens (primary N) is 2. The number of rotatable bonds is 4. The van der Waals surface area contributed by atoms with E-state index in [-0.39, 0.29) is 17.6 Å². The summed E-state index contributed by atoms with van der Waals surface area (Å²) in [6, 6.07) is 3.72. The number of aryl methyl sites for hydroxylation is 2. The van der Waals surface area contributed by atoms with Crippen molar-refractivity contribution in [2.45, 2.75) is 32.7 Å². The first-order valence-electron chi connectivity index (χ1n) is 10.5. The third-order valence-corrected chi connectivity index (χ3v) is 6.06. The van der Waals surface area contributed by atoms with E-state index in [1.54, 1.807) is 35.4 Å². The van der Waals surface area contributed by atoms with Crippen molar-refractivity contribution in [1.82, 2.24) is 24.0 Å². The largest absolute Gasteiger partial charge is 0.405 e. The molecule has 0 unspecified atom stereocenters. The SMILES string of the molecule is CC(=O)N1CCC(n2c(=O)n(C)c3cnc(Nc4cc(/C=C\N)c(N)cc4C)nc32)CC1. The number of nitrogens with one attached hydrogen (secondary N) is 1. The molecule has 2 aromatic heterocycles. The summed E-state index contributed by atoms with van der Waals surface area (Å²) >= 11 is 0. The molecule has 10 heteroatoms. The van der Waals surface area contributed by atoms with Crippen molar-refractivity contribution in [3.63, 3.8) is 0 Å². The number of carbonyl (C=O) groups excluding carboxylic acids is 1. The molecule has 0 radical (unpaired) electrons. The van der Waals surface area contributed by atoms with Gasteiger partial charge in [-0.25, -0.2) is 9.78 Å². The van der Waals surface area contributed by atoms with Crippen LogP contribution in [0.4, 0.5) is 17.3 Å². The van der Waals surface area contributed by atoms with Gasteiger partial charge in [0.1, 0.15) is 5.52 Å². The predicted octanol–water partition coefficient (Wildman–Crippen LogP) is 1.88. The lowest BCUT2D eigenvalue weighted by atomic mass is 10.0. The van der Waals surface area contributed by atoms with Crippen molar-refractivity contribution in [1.29, 1.82) is 0 Å². The Morgan fingerprint density at radius 3 is 2.66 bits per heavy atom. The summed E-state index contributed by atoms with van der Waals surface area (Å²) in [5, 5.41) is 3.24. The van der Waals surface area contributed by atoms with Crippen LogP contribution in [0.25, 0.3) is 17.2 Å². The van der Waals surface area contributed by atoms with Crippen LogP contribution >= 0.6 is 0 Å². The molecule has 0 aliphatic carbocycles. The van der Waals surface area contributed by atoms with Crippen LogP contribution in [-0.2, 0) is 11.8 Å². The summed E-state index contributed by atoms with van der Waals surface area (Å²) in [4.78, 5) is 35.6. The zero-order valence-electron chi connectivity index (χ0n) is 18.5. The lowest BCUT2D eigenvalue weighted by molar-refractivity contribution is -0.130. The first kappa shape index (κ1) is 21.4. The van der Waals surface area contributed by atoms with E-state index >= 15 is 0 Å². The number of hydrogen-bond donors (Lipinski definition) is 3. The Hall–Kier alpha value is -3.82. The van der Waals surface area contributed by atoms with Gasteiger partial charge >= 0.3 is 5.69 Å². The molecule has 0 bridgehead atoms. The van der Waals surface area contributed by atoms with Crippen molar-refractivity contribution in [2.75, 3.05) is 24.1 Å². The molecule has 0 saturated carbocycles. The van der Waals surface area contributed by atoms with Crippen LogP contribution in [0.2, 0.25) is 0 Å². The number of nitrogen functional groups attached to an aromatic ring is 1. The molecule has 0 spiro atoms. The van der Waals surface area contributed by atoms with E-state index in [2.05, 4.69) is 15.3 Å². The number of likely N-dealkylation sites (tertiary alicyclic amines) is 1. The van der Waals surface area contributed by atoms with E-state index in [0.29, 0.717) is 48.7 Å². The monoisotopic (exact) mass is 436 g/mol. The van der Waals surface area contributed by atoms with Gasteiger partial charge in [-0.3, -0.25) is 13.9 Å². The molecule has 4 rings (SSSR count). The minimum absolute atomic E-state index is 0.0240. The van der Waals surface area contributed by atoms with Crippen LogP contribution < -0.4 is 22.5 Å². The molecule has 1 saturated heterocycles. The molecule has 1 aliphatic heterocycles. The molecular weight excluding hydrogens is 408 g/mol. The van der Waals surface area contributed by atoms with Crippen molar-refractivity contribution in [2.24, 2.45) is 12.8 Å². The number of amides is 1. The van der Waals surface area contributed by atoms with E-state index in [4.69, 9.17) is 11.5 Å². The lowest BCUT2D eigenvalue weighted by Crippen LogP contribution is -2.39. The fourth-order valence-electron chi connectivity index (χ4n) is 4.21. The fraction of sp³-hybridized carbons (Fsp3) is 0.364. The fourth-order valence-corrected chi connectivity index (χ4v) is 4.21. The highest BCUT2D eigenvalue weighted by Gasteiger charge is 2.26. The predicted molar refractivity (Wildman–Crippen MR) is 125 cm³/mol. The van der Waals surface area contributed by atoms with Gasteiger partial charge in [-0.05, 0) is 49.7 Å². The third-order valence-electron chi connectivity index (χ3n) is 6.06. The van der Waals surface area contributed by atoms with Gasteiger partial charge in [0.25, 0.3) is 0 Å². The van der Waals surface area contributed by atoms with Crippen molar-refractivity contribution >= 4 is 40.5 Å². The minimum Gasteiger partial charge on any atom is -0.405 e. The highest BCUT2D eigenvalue weighted by molar-refractivity contribution is 5.76. The molecule has 1 fully saturated rings. The van der Waals surface area contributed by atoms with Gasteiger partial charge in [0.2, 0.25) is 11.9 Å². The highest BCUT2D eigenvalue weighted by Crippen LogP contribution is 2.28. The second-order valence-electron chi connectivity index (χ2n) is 8.13. The maximum Gasteiger partial charge on any atom is 0.330 e. The number of benzene rings is 1. The Morgan fingerprint density at radius 2 is 2.00 bits per heavy atom. The Bertz CT molecular complexity index is 1270. The van der Waals surface area contributed by atoms with Crippen LogP contribution in [0, 0.1) is 6.92 Å². The van der Waals surface area contributed by atoms with Crippen LogP contribution in [-0.4, -0.2) is 43.0 Å². The summed E-state index contributed by atoms with van der Waals surface area (Å²) in [6.45, 7) is 4.76. The topological polar surface area (TPSA) is 137 Å². The van der Waals surface area contributed by atoms with Crippen molar-refractivity contribution in [3.8, 4) is 0 Å². The maximum absolute atomic E-state index is 13.0. The molecule has 5 N–H and O–H groups in total. The van der Waals surface area contributed by atoms with Crippen molar-refractivity contribution in [3.05, 3.63) is 46.1 Å². The highest BCUT2D eigenvalue weighted by atomic mass is 16.2. The number of hydrogen-bond acceptors (Lipinski definition) is 7. The molecule has 1 amide bonds. The van der Waals surface area contributed by atoms with Crippen LogP contribution in [0.3, 0.4) is 0 Å². The van der Waals surface area contributed by atoms with Gasteiger partial charge < -0.3 is 21.7 Å². The number of imidazole rings is 1. The number of nitrogens with zero attached hydrogens (tertiary/aromatic N) is 5. The molecule has 0 atom stereocenters. The molecule has 3 aromatic rings. The summed E-state index contributed by atoms with van der Waals surface area (Å²) in [6.07, 6.45) is 6.23. The zero-order chi connectivity index (χ0) is 23.0. The Morgan fingerprint density at radius 1 is 1.28 bits per heavy atom. The molecular formula is C22H28N8O2. The second kappa shape index (κ2) is 8.37. The Labute approximate surface area is 185 Å². The minimum atomic E-state index is -0.133. The smallest absolute Gasteiger partial charge is 0.330 e. The average molecular weight is 437 g/mol. The van der Waals surface area contributed by atoms with Gasteiger partial charge in [-0.2, -0.15) is 4.98 Å². The number of carbonyl (C=O) groups is 1. The first-order chi connectivity index (χ1) is 15.3. The molecule has 1 aliphatic rings. The number of anilines is 3. The second-order valence-corrected chi connectivity index (χ2v) is 8.13. The van der Waals surface area contributed by atoms with E-state index < -0.39 is 0 Å². The molecule has 168 valence electrons. The first-order valence-corrected chi connectivity index (χ1v) is 10.5. The molecule has 10 nitrogen and oxygen atoms in total. The number of aromatic nitrogens is 4. The number of piperidine rings is 1. The van der Waals surface area contributed by atoms with E-state index in [1.807, 2.05) is 24.0 Å². The quantitative estimate of drug-likeness (QED) is 0.531. The van der Waals surface area contributed by atoms with E-state index in [0.717, 1.165) is 16.8 Å². The van der Waals surface area contributed by atoms with E-state index in [9.17, 15) is 9.59 Å². The van der Waals surface area contributed by atoms with Gasteiger partial charge in [-0.15, -0.1) is 0 Å². The third kappa shape index (κ3) is 3.79. The summed E-state index contributed by atoms with van der Waals surface area (Å²) < 4.78 is 3.30. The normalized spacial score (nSPS) is 15.0. The zero-order valence-corrected chi connectivity index (χ0v) is 18.5. The summed E-state index contributed by atoms with van der Waals surface area (Å²) in [5.74, 6) is 0.443. The van der Waals surface area contributed by atoms with Crippen LogP contribution in [0.5, 0.6) is 0 Å². The van der Waals surface area contributed by atoms with Gasteiger partial charge in [0.05, 0.1) is 6.20 Å². The average Bonchev–Trinajstić information content (AvgIpc) is 3.01.